The van der Waals surface area contributed by atoms with Crippen LogP contribution < -0.4 is 0 Å². The van der Waals surface area contributed by atoms with Crippen LogP contribution in [0.2, 0.25) is 0 Å². The third kappa shape index (κ3) is 3.35. The molecule has 0 spiro atoms. The number of amides is 1. The van der Waals surface area contributed by atoms with Crippen LogP contribution in [0.1, 0.15) is 17.8 Å². The van der Waals surface area contributed by atoms with Crippen molar-refractivity contribution in [3.63, 3.8) is 0 Å². The molecule has 0 atom stereocenters. The first kappa shape index (κ1) is 15.8. The molecule has 0 radical (unpaired) electrons. The fourth-order valence-electron chi connectivity index (χ4n) is 2.26. The molecule has 0 aliphatic heterocycles. The van der Waals surface area contributed by atoms with Gasteiger partial charge >= 0.3 is 0 Å². The van der Waals surface area contributed by atoms with E-state index in [1.165, 1.54) is 6.07 Å². The van der Waals surface area contributed by atoms with Gasteiger partial charge in [0.2, 0.25) is 5.91 Å². The van der Waals surface area contributed by atoms with E-state index in [1.54, 1.807) is 32.0 Å². The molecule has 1 aromatic carbocycles. The Bertz CT molecular complexity index is 666. The van der Waals surface area contributed by atoms with Gasteiger partial charge in [0.15, 0.2) is 0 Å². The Morgan fingerprint density at radius 1 is 1.43 bits per heavy atom. The van der Waals surface area contributed by atoms with Crippen molar-refractivity contribution in [2.75, 3.05) is 20.0 Å². The lowest BCUT2D eigenvalue weighted by molar-refractivity contribution is -0.128. The van der Waals surface area contributed by atoms with E-state index in [0.29, 0.717) is 36.3 Å². The fourth-order valence-corrected chi connectivity index (χ4v) is 2.42. The number of carbonyl (C=O) groups excluding carboxylic acids is 1. The van der Waals surface area contributed by atoms with Crippen molar-refractivity contribution in [2.45, 2.75) is 26.3 Å². The molecular formula is C15H19ClFN3O. The van der Waals surface area contributed by atoms with E-state index < -0.39 is 0 Å². The Hall–Kier alpha value is -1.62. The number of hydrogen-bond donors (Lipinski definition) is 0. The molecule has 114 valence electrons. The maximum atomic E-state index is 13.7. The lowest BCUT2D eigenvalue weighted by Gasteiger charge is -2.12. The number of aryl methyl sites for hydroxylation is 3. The lowest BCUT2D eigenvalue weighted by Crippen LogP contribution is -2.23. The third-order valence-corrected chi connectivity index (χ3v) is 3.66. The molecule has 0 saturated carbocycles. The van der Waals surface area contributed by atoms with Gasteiger partial charge in [0, 0.05) is 45.4 Å². The molecule has 0 fully saturated rings. The summed E-state index contributed by atoms with van der Waals surface area (Å²) in [7, 11) is 3.46. The van der Waals surface area contributed by atoms with Crippen LogP contribution in [0.25, 0.3) is 11.0 Å². The Balaban J connectivity index is 2.40. The highest BCUT2D eigenvalue weighted by molar-refractivity contribution is 6.17. The van der Waals surface area contributed by atoms with Crippen LogP contribution in [-0.2, 0) is 17.8 Å². The molecule has 0 aliphatic rings. The first-order valence-electron chi connectivity index (χ1n) is 6.85. The fraction of sp³-hybridized carbons (Fsp3) is 0.467. The van der Waals surface area contributed by atoms with Gasteiger partial charge in [0.05, 0.1) is 11.0 Å². The summed E-state index contributed by atoms with van der Waals surface area (Å²) in [5.74, 6) is 1.00. The zero-order chi connectivity index (χ0) is 15.6. The Morgan fingerprint density at radius 2 is 2.14 bits per heavy atom. The van der Waals surface area contributed by atoms with E-state index >= 15 is 0 Å². The van der Waals surface area contributed by atoms with E-state index in [4.69, 9.17) is 11.6 Å². The summed E-state index contributed by atoms with van der Waals surface area (Å²) in [4.78, 5) is 17.8. The molecule has 2 aromatic rings. The van der Waals surface area contributed by atoms with Gasteiger partial charge in [-0.1, -0.05) is 0 Å². The van der Waals surface area contributed by atoms with E-state index in [0.717, 1.165) is 11.3 Å². The van der Waals surface area contributed by atoms with Gasteiger partial charge < -0.3 is 9.47 Å². The molecule has 1 heterocycles. The second-order valence-corrected chi connectivity index (χ2v) is 5.62. The average molecular weight is 312 g/mol. The highest BCUT2D eigenvalue weighted by Crippen LogP contribution is 2.21. The van der Waals surface area contributed by atoms with Gasteiger partial charge in [-0.05, 0) is 18.6 Å². The average Bonchev–Trinajstić information content (AvgIpc) is 2.74. The van der Waals surface area contributed by atoms with Crippen LogP contribution in [0.5, 0.6) is 0 Å². The summed E-state index contributed by atoms with van der Waals surface area (Å²) in [5.41, 5.74) is 2.02. The van der Waals surface area contributed by atoms with Crippen LogP contribution in [0, 0.1) is 12.7 Å². The van der Waals surface area contributed by atoms with E-state index in [2.05, 4.69) is 4.98 Å². The molecule has 2 rings (SSSR count). The van der Waals surface area contributed by atoms with E-state index in [9.17, 15) is 9.18 Å². The summed E-state index contributed by atoms with van der Waals surface area (Å²) in [5, 5.41) is 0. The molecule has 1 amide bonds. The van der Waals surface area contributed by atoms with Crippen molar-refractivity contribution in [1.82, 2.24) is 14.5 Å². The molecule has 0 bridgehead atoms. The SMILES string of the molecule is Cc1cc2c(cc1F)nc(CCCl)n2CCC(=O)N(C)C. The van der Waals surface area contributed by atoms with Gasteiger partial charge in [-0.15, -0.1) is 11.6 Å². The standard InChI is InChI=1S/C15H19ClFN3O/c1-10-8-13-12(9-11(10)17)18-14(4-6-16)20(13)7-5-15(21)19(2)3/h8-9H,4-7H2,1-3H3. The first-order chi connectivity index (χ1) is 9.93. The molecule has 0 saturated heterocycles. The van der Waals surface area contributed by atoms with Gasteiger partial charge in [-0.2, -0.15) is 0 Å². The maximum absolute atomic E-state index is 13.7. The first-order valence-corrected chi connectivity index (χ1v) is 7.39. The number of rotatable bonds is 5. The minimum atomic E-state index is -0.269. The van der Waals surface area contributed by atoms with Crippen molar-refractivity contribution >= 4 is 28.5 Å². The molecule has 21 heavy (non-hydrogen) atoms. The van der Waals surface area contributed by atoms with Gasteiger partial charge in [0.25, 0.3) is 0 Å². The Kier molecular flexibility index (Phi) is 4.83. The Morgan fingerprint density at radius 3 is 2.76 bits per heavy atom. The molecule has 1 aromatic heterocycles. The third-order valence-electron chi connectivity index (χ3n) is 3.47. The molecule has 0 unspecified atom stereocenters. The van der Waals surface area contributed by atoms with Gasteiger partial charge in [-0.25, -0.2) is 9.37 Å². The quantitative estimate of drug-likeness (QED) is 0.796. The number of alkyl halides is 1. The van der Waals surface area contributed by atoms with E-state index in [1.807, 2.05) is 4.57 Å². The molecule has 6 heteroatoms. The number of carbonyl (C=O) groups is 1. The van der Waals surface area contributed by atoms with Crippen molar-refractivity contribution in [1.29, 1.82) is 0 Å². The highest BCUT2D eigenvalue weighted by atomic mass is 35.5. The van der Waals surface area contributed by atoms with Crippen molar-refractivity contribution in [2.24, 2.45) is 0 Å². The zero-order valence-corrected chi connectivity index (χ0v) is 13.2. The van der Waals surface area contributed by atoms with Crippen LogP contribution in [-0.4, -0.2) is 40.3 Å². The summed E-state index contributed by atoms with van der Waals surface area (Å²) >= 11 is 5.81. The number of aromatic nitrogens is 2. The topological polar surface area (TPSA) is 38.1 Å². The number of nitrogens with zero attached hydrogens (tertiary/aromatic N) is 3. The van der Waals surface area contributed by atoms with Gasteiger partial charge in [-0.3, -0.25) is 4.79 Å². The predicted molar refractivity (Wildman–Crippen MR) is 82.2 cm³/mol. The predicted octanol–water partition coefficient (Wildman–Crippen LogP) is 2.74. The monoisotopic (exact) mass is 311 g/mol. The Labute approximate surface area is 128 Å². The summed E-state index contributed by atoms with van der Waals surface area (Å²) in [6, 6.07) is 3.21. The summed E-state index contributed by atoms with van der Waals surface area (Å²) in [6.07, 6.45) is 0.969. The lowest BCUT2D eigenvalue weighted by atomic mass is 10.2. The number of fused-ring (bicyclic) bond motifs is 1. The largest absolute Gasteiger partial charge is 0.349 e. The second kappa shape index (κ2) is 6.43. The molecule has 0 aliphatic carbocycles. The van der Waals surface area contributed by atoms with Crippen molar-refractivity contribution in [3.05, 3.63) is 29.3 Å². The summed E-state index contributed by atoms with van der Waals surface area (Å²) < 4.78 is 15.6. The van der Waals surface area contributed by atoms with E-state index in [-0.39, 0.29) is 11.7 Å². The van der Waals surface area contributed by atoms with Crippen LogP contribution in [0.15, 0.2) is 12.1 Å². The van der Waals surface area contributed by atoms with Crippen molar-refractivity contribution < 1.29 is 9.18 Å². The molecule has 0 N–H and O–H groups in total. The van der Waals surface area contributed by atoms with Gasteiger partial charge in [0.1, 0.15) is 11.6 Å². The number of imidazole rings is 1. The summed E-state index contributed by atoms with van der Waals surface area (Å²) in [6.45, 7) is 2.24. The van der Waals surface area contributed by atoms with Crippen LogP contribution >= 0.6 is 11.6 Å². The number of hydrogen-bond acceptors (Lipinski definition) is 2. The minimum absolute atomic E-state index is 0.0486. The smallest absolute Gasteiger partial charge is 0.223 e. The van der Waals surface area contributed by atoms with Crippen LogP contribution in [0.3, 0.4) is 0 Å². The number of halogens is 2. The molecule has 4 nitrogen and oxygen atoms in total. The molecular weight excluding hydrogens is 293 g/mol. The normalized spacial score (nSPS) is 11.1. The zero-order valence-electron chi connectivity index (χ0n) is 12.5. The van der Waals surface area contributed by atoms with Crippen molar-refractivity contribution in [3.8, 4) is 0 Å². The van der Waals surface area contributed by atoms with Crippen LogP contribution in [0.4, 0.5) is 4.39 Å². The minimum Gasteiger partial charge on any atom is -0.349 e. The number of benzene rings is 1. The maximum Gasteiger partial charge on any atom is 0.223 e. The second-order valence-electron chi connectivity index (χ2n) is 5.25. The highest BCUT2D eigenvalue weighted by Gasteiger charge is 2.14.